The highest BCUT2D eigenvalue weighted by Gasteiger charge is 2.68. The number of amides is 5. The van der Waals surface area contributed by atoms with E-state index in [-0.39, 0.29) is 97.3 Å². The second-order valence-corrected chi connectivity index (χ2v) is 34.3. The molecule has 24 nitrogen and oxygen atoms in total. The Kier molecular flexibility index (Phi) is 31.2. The minimum absolute atomic E-state index is 0. The van der Waals surface area contributed by atoms with Crippen LogP contribution < -0.4 is 24.5 Å². The third-order valence-electron chi connectivity index (χ3n) is 25.1. The van der Waals surface area contributed by atoms with Crippen molar-refractivity contribution in [2.24, 2.45) is 35.2 Å². The van der Waals surface area contributed by atoms with Gasteiger partial charge in [-0.3, -0.25) is 52.3 Å². The van der Waals surface area contributed by atoms with E-state index in [0.717, 1.165) is 95.7 Å². The van der Waals surface area contributed by atoms with Crippen LogP contribution in [0.1, 0.15) is 119 Å². The molecular weight excluding hydrogens is 1830 g/mol. The molecule has 0 saturated heterocycles. The fourth-order valence-electron chi connectivity index (χ4n) is 17.4. The molecule has 5 aliphatic heterocycles. The highest BCUT2D eigenvalue weighted by molar-refractivity contribution is 6.10. The molecule has 5 atom stereocenters. The molecule has 10 heterocycles. The van der Waals surface area contributed by atoms with E-state index in [2.05, 4.69) is 55.8 Å². The Balaban J connectivity index is 0.000000167. The standard InChI is InChI=1S/C22H24N4O.C20H14F5N3O2.C20H16F3N3O2.C20H18FN3O2.C20H18FN3O.5CH4/c1-22(24(2)3)19-7-5-6-8-20(19)26(21(22)27)14-16-9-11-17(12-10-16)18-13-23-25(4)15-18;1-27-9-13(8-26-27)11-2-3-12(16(22)6-11)10-28-17-5-4-14(21)7-15(17)19(30,18(28)29)20(23,24)25;1-25-12-15(10-24-25)14-8-6-13(7-9-14)11-26-17-5-3-2-4-16(17)19(28,18(26)27)20(21,22)23;1-20(26)16-5-3-4-6-18(16)24(19(20)25)12-14-8-7-13(9-17(14)21)15-10-22-23(2)11-15;1-13-17-5-3-4-6-19(17)24(20(13)25)12-15-8-7-14(9-18(15)21)16-10-22-23(2)11-16;;;;;/h5-13,15H,14H2,1-4H3;2-9,30H,10H2,1H3;2-10,12,28H,11H2,1H3;3-11,26H,12H2,1-2H3;3-11,13H,12H2,1-2H3;5*1H4. The van der Waals surface area contributed by atoms with Crippen LogP contribution in [0.3, 0.4) is 0 Å². The summed E-state index contributed by atoms with van der Waals surface area (Å²) in [5.41, 5.74) is 4.66. The van der Waals surface area contributed by atoms with Gasteiger partial charge in [0.05, 0.1) is 86.7 Å². The minimum Gasteiger partial charge on any atom is -0.375 e. The summed E-state index contributed by atoms with van der Waals surface area (Å²) in [7, 11) is 12.9. The van der Waals surface area contributed by atoms with E-state index < -0.39 is 87.5 Å². The Hall–Kier alpha value is -15.3. The summed E-state index contributed by atoms with van der Waals surface area (Å²) in [4.78, 5) is 72.2. The fourth-order valence-corrected chi connectivity index (χ4v) is 17.4. The molecule has 0 saturated carbocycles. The Bertz CT molecular complexity index is 7110. The number of rotatable bonds is 16. The molecule has 5 amide bonds. The predicted molar refractivity (Wildman–Crippen MR) is 524 cm³/mol. The Morgan fingerprint density at radius 1 is 0.333 bits per heavy atom. The number of hydrogen-bond acceptors (Lipinski definition) is 14. The molecule has 0 fully saturated rings. The number of nitrogens with zero attached hydrogens (tertiary/aromatic N) is 16. The molecule has 34 heteroatoms. The van der Waals surface area contributed by atoms with Gasteiger partial charge < -0.3 is 39.8 Å². The number of anilines is 5. The summed E-state index contributed by atoms with van der Waals surface area (Å²) >= 11 is 0. The number of carbonyl (C=O) groups excluding carboxylic acids is 5. The maximum atomic E-state index is 14.7. The largest absolute Gasteiger partial charge is 0.430 e. The average Bonchev–Trinajstić information content (AvgIpc) is 1.57. The third kappa shape index (κ3) is 20.1. The number of likely N-dealkylation sites (N-methyl/N-ethyl adjacent to an activating group) is 1. The number of fused-ring (bicyclic) bond motifs is 5. The highest BCUT2D eigenvalue weighted by Crippen LogP contribution is 2.53. The Labute approximate surface area is 810 Å². The number of hydrogen-bond donors (Lipinski definition) is 3. The first-order chi connectivity index (χ1) is 64.6. The van der Waals surface area contributed by atoms with Crippen LogP contribution >= 0.6 is 0 Å². The van der Waals surface area contributed by atoms with Crippen LogP contribution in [0.25, 0.3) is 55.6 Å². The minimum atomic E-state index is -5.38. The van der Waals surface area contributed by atoms with E-state index in [9.17, 15) is 83.2 Å². The van der Waals surface area contributed by atoms with Crippen molar-refractivity contribution in [3.63, 3.8) is 0 Å². The first-order valence-corrected chi connectivity index (χ1v) is 42.8. The second kappa shape index (κ2) is 41.4. The normalized spacial score (nSPS) is 17.9. The van der Waals surface area contributed by atoms with Gasteiger partial charge in [-0.1, -0.05) is 195 Å². The lowest BCUT2D eigenvalue weighted by atomic mass is 9.92. The van der Waals surface area contributed by atoms with Gasteiger partial charge in [-0.2, -0.15) is 51.8 Å². The zero-order chi connectivity index (χ0) is 97.2. The van der Waals surface area contributed by atoms with Crippen molar-refractivity contribution < 1.29 is 83.2 Å². The number of alkyl halides is 6. The first-order valence-electron chi connectivity index (χ1n) is 42.8. The highest BCUT2D eigenvalue weighted by atomic mass is 19.4. The zero-order valence-corrected chi connectivity index (χ0v) is 75.0. The van der Waals surface area contributed by atoms with Crippen LogP contribution in [0, 0.1) is 23.3 Å². The van der Waals surface area contributed by atoms with Gasteiger partial charge in [0.2, 0.25) is 5.91 Å². The predicted octanol–water partition coefficient (Wildman–Crippen LogP) is 20.5. The molecule has 736 valence electrons. The van der Waals surface area contributed by atoms with Gasteiger partial charge in [-0.05, 0) is 140 Å². The lowest BCUT2D eigenvalue weighted by Crippen LogP contribution is -2.50. The summed E-state index contributed by atoms with van der Waals surface area (Å²) in [6.45, 7) is 5.56. The molecule has 141 heavy (non-hydrogen) atoms. The van der Waals surface area contributed by atoms with Gasteiger partial charge in [0.15, 0.2) is 5.60 Å². The molecule has 5 aliphatic rings. The van der Waals surface area contributed by atoms with Crippen LogP contribution in [0.4, 0.5) is 72.3 Å². The van der Waals surface area contributed by atoms with Crippen LogP contribution in [0.15, 0.2) is 280 Å². The van der Waals surface area contributed by atoms with Crippen molar-refractivity contribution in [3.8, 4) is 55.6 Å². The number of aliphatic hydroxyl groups is 3. The van der Waals surface area contributed by atoms with Crippen LogP contribution in [-0.4, -0.2) is 125 Å². The molecule has 5 aromatic heterocycles. The topological polar surface area (TPSA) is 255 Å². The Morgan fingerprint density at radius 3 is 1.01 bits per heavy atom. The van der Waals surface area contributed by atoms with Crippen molar-refractivity contribution in [1.29, 1.82) is 0 Å². The Morgan fingerprint density at radius 2 is 0.638 bits per heavy atom. The summed E-state index contributed by atoms with van der Waals surface area (Å²) in [6.07, 6.45) is 7.12. The maximum absolute atomic E-state index is 14.7. The van der Waals surface area contributed by atoms with Crippen molar-refractivity contribution >= 4 is 58.0 Å². The van der Waals surface area contributed by atoms with Gasteiger partial charge in [-0.15, -0.1) is 0 Å². The smallest absolute Gasteiger partial charge is 0.375 e. The SMILES string of the molecule is C.C.C.C.C.CC1C(=O)N(Cc2ccc(-c3cnn(C)c3)cc2F)c2ccccc21.CN(C)C1(C)C(=O)N(Cc2ccc(-c3cnn(C)c3)cc2)c2ccccc21.Cn1cc(-c2ccc(CN3C(=O)C(C)(O)c4ccccc43)c(F)c2)cn1.Cn1cc(-c2ccc(CN3C(=O)C(O)(C(F)(F)F)c4cc(F)ccc43)c(F)c2)cn1.Cn1cc(-c2ccc(CN3C(=O)C(O)(C(F)(F)F)c4ccccc43)cc2)cn1. The summed E-state index contributed by atoms with van der Waals surface area (Å²) < 4.78 is 147. The molecule has 20 rings (SSSR count). The van der Waals surface area contributed by atoms with Crippen molar-refractivity contribution in [1.82, 2.24) is 53.8 Å². The molecular formula is C107H110F10N16O8. The number of aromatic nitrogens is 10. The van der Waals surface area contributed by atoms with Crippen LogP contribution in [-0.2, 0) is 114 Å². The van der Waals surface area contributed by atoms with Crippen molar-refractivity contribution in [2.75, 3.05) is 38.6 Å². The third-order valence-corrected chi connectivity index (χ3v) is 25.1. The molecule has 0 radical (unpaired) electrons. The molecule has 3 N–H and O–H groups in total. The number of benzene rings is 10. The average molecular weight is 1940 g/mol. The number of para-hydroxylation sites is 4. The number of aryl methyl sites for hydroxylation is 5. The van der Waals surface area contributed by atoms with E-state index in [1.54, 1.807) is 124 Å². The van der Waals surface area contributed by atoms with Gasteiger partial charge in [0, 0.05) is 144 Å². The summed E-state index contributed by atoms with van der Waals surface area (Å²) in [5.74, 6) is -6.13. The van der Waals surface area contributed by atoms with E-state index in [1.807, 2.05) is 143 Å². The molecule has 5 unspecified atom stereocenters. The molecule has 0 aliphatic carbocycles. The van der Waals surface area contributed by atoms with Crippen molar-refractivity contribution in [2.45, 2.75) is 131 Å². The number of halogens is 10. The summed E-state index contributed by atoms with van der Waals surface area (Å²) in [5, 5.41) is 51.5. The summed E-state index contributed by atoms with van der Waals surface area (Å²) in [6, 6.07) is 60.1. The van der Waals surface area contributed by atoms with Crippen LogP contribution in [0.5, 0.6) is 0 Å². The van der Waals surface area contributed by atoms with E-state index in [0.29, 0.717) is 56.6 Å². The van der Waals surface area contributed by atoms with Gasteiger partial charge in [-0.25, -0.2) is 17.6 Å². The van der Waals surface area contributed by atoms with Gasteiger partial charge >= 0.3 is 12.4 Å². The molecule has 10 aromatic carbocycles. The molecule has 0 spiro atoms. The lowest BCUT2D eigenvalue weighted by Gasteiger charge is -2.31. The number of carbonyl (C=O) groups is 5. The quantitative estimate of drug-likeness (QED) is 0.0761. The monoisotopic (exact) mass is 1940 g/mol. The van der Waals surface area contributed by atoms with E-state index in [4.69, 9.17) is 0 Å². The van der Waals surface area contributed by atoms with Crippen LogP contribution in [0.2, 0.25) is 0 Å². The first kappa shape index (κ1) is 106. The van der Waals surface area contributed by atoms with Gasteiger partial charge in [0.25, 0.3) is 34.8 Å². The van der Waals surface area contributed by atoms with E-state index >= 15 is 0 Å². The molecule has 15 aromatic rings. The van der Waals surface area contributed by atoms with Crippen molar-refractivity contribution in [3.05, 3.63) is 359 Å². The second-order valence-electron chi connectivity index (χ2n) is 34.3. The van der Waals surface area contributed by atoms with Gasteiger partial charge in [0.1, 0.15) is 28.8 Å². The van der Waals surface area contributed by atoms with E-state index in [1.165, 1.54) is 71.2 Å². The zero-order valence-electron chi connectivity index (χ0n) is 75.0. The maximum Gasteiger partial charge on any atom is 0.430 e. The fraction of sp³-hybridized carbons (Fsp3) is 0.252. The molecule has 0 bridgehead atoms. The lowest BCUT2D eigenvalue weighted by molar-refractivity contribution is -0.253.